The van der Waals surface area contributed by atoms with Gasteiger partial charge < -0.3 is 10.2 Å². The van der Waals surface area contributed by atoms with Gasteiger partial charge in [0, 0.05) is 6.42 Å². The first kappa shape index (κ1) is 24.7. The van der Waals surface area contributed by atoms with E-state index in [4.69, 9.17) is 0 Å². The molecule has 0 bridgehead atoms. The number of nitrogens with zero attached hydrogens (tertiary/aromatic N) is 2. The van der Waals surface area contributed by atoms with Crippen LogP contribution in [0.2, 0.25) is 0 Å². The van der Waals surface area contributed by atoms with Crippen LogP contribution in [0.1, 0.15) is 55.3 Å². The molecule has 2 heterocycles. The Labute approximate surface area is 204 Å². The number of quaternary nitrogens is 1. The highest BCUT2D eigenvalue weighted by molar-refractivity contribution is 5.89. The van der Waals surface area contributed by atoms with Crippen LogP contribution in [0.25, 0.3) is 0 Å². The molecule has 7 nitrogen and oxygen atoms in total. The lowest BCUT2D eigenvalue weighted by Crippen LogP contribution is -2.96. The topological polar surface area (TPSA) is 81.3 Å². The van der Waals surface area contributed by atoms with Crippen molar-refractivity contribution < 1.29 is 23.9 Å². The Hall–Kier alpha value is -3.46. The predicted molar refractivity (Wildman–Crippen MR) is 127 cm³/mol. The number of hydrogen-bond acceptors (Lipinski definition) is 4. The van der Waals surface area contributed by atoms with Crippen molar-refractivity contribution in [1.82, 2.24) is 20.7 Å². The molecular formula is C26H32F2N5O2+. The molecule has 4 N–H and O–H groups in total. The largest absolute Gasteiger partial charge is 0.343 e. The zero-order valence-corrected chi connectivity index (χ0v) is 20.2. The number of hydrogen-bond donors (Lipinski definition) is 3. The van der Waals surface area contributed by atoms with Gasteiger partial charge in [0.1, 0.15) is 18.0 Å². The van der Waals surface area contributed by atoms with Gasteiger partial charge in [-0.1, -0.05) is 56.3 Å². The summed E-state index contributed by atoms with van der Waals surface area (Å²) >= 11 is 0. The van der Waals surface area contributed by atoms with Crippen molar-refractivity contribution >= 4 is 11.8 Å². The first-order valence-electron chi connectivity index (χ1n) is 11.8. The molecule has 1 saturated heterocycles. The molecule has 3 atom stereocenters. The summed E-state index contributed by atoms with van der Waals surface area (Å²) < 4.78 is 29.3. The first-order valence-corrected chi connectivity index (χ1v) is 11.8. The Kier molecular flexibility index (Phi) is 7.35. The molecule has 2 aliphatic rings. The van der Waals surface area contributed by atoms with E-state index in [0.717, 1.165) is 11.3 Å². The molecule has 0 aliphatic carbocycles. The normalized spacial score (nSPS) is 20.6. The lowest BCUT2D eigenvalue weighted by Gasteiger charge is -2.27. The van der Waals surface area contributed by atoms with Gasteiger partial charge in [0.15, 0.2) is 0 Å². The van der Waals surface area contributed by atoms with E-state index >= 15 is 0 Å². The third-order valence-corrected chi connectivity index (χ3v) is 6.58. The van der Waals surface area contributed by atoms with E-state index < -0.39 is 24.2 Å². The minimum atomic E-state index is -1.28. The molecular weight excluding hydrogens is 452 g/mol. The Morgan fingerprint density at radius 1 is 1.17 bits per heavy atom. The van der Waals surface area contributed by atoms with Crippen molar-refractivity contribution in [2.45, 2.75) is 50.9 Å². The zero-order valence-electron chi connectivity index (χ0n) is 20.2. The number of alkyl halides is 1. The maximum absolute atomic E-state index is 14.8. The summed E-state index contributed by atoms with van der Waals surface area (Å²) in [4.78, 5) is 27.7. The monoisotopic (exact) mass is 484 g/mol. The fourth-order valence-corrected chi connectivity index (χ4v) is 4.61. The maximum atomic E-state index is 14.8. The van der Waals surface area contributed by atoms with Gasteiger partial charge >= 0.3 is 0 Å². The highest BCUT2D eigenvalue weighted by Crippen LogP contribution is 2.29. The number of likely N-dealkylation sites (tertiary alicyclic amines) is 1. The molecule has 4 rings (SSSR count). The minimum absolute atomic E-state index is 0.0233. The molecule has 2 amide bonds. The Bertz CT molecular complexity index is 1110. The number of benzene rings is 2. The molecule has 186 valence electrons. The average Bonchev–Trinajstić information content (AvgIpc) is 3.42. The minimum Gasteiger partial charge on any atom is -0.343 e. The molecule has 0 unspecified atom stereocenters. The molecule has 0 spiro atoms. The summed E-state index contributed by atoms with van der Waals surface area (Å²) in [5.74, 6) is -1.09. The van der Waals surface area contributed by atoms with E-state index in [1.807, 2.05) is 44.2 Å². The quantitative estimate of drug-likeness (QED) is 0.527. The van der Waals surface area contributed by atoms with E-state index in [1.54, 1.807) is 35.9 Å². The highest BCUT2D eigenvalue weighted by Gasteiger charge is 2.41. The molecule has 0 radical (unpaired) electrons. The molecule has 2 aromatic carbocycles. The SMILES string of the molecule is CC(C)c1ccc([C@@H](NC(=O)[C@@H]2C[C@@H](F)CN2C(=O)CC2=CN[NH2+]N2C)c2ccccc2)cc1F. The van der Waals surface area contributed by atoms with E-state index in [2.05, 4.69) is 10.7 Å². The van der Waals surface area contributed by atoms with Crippen LogP contribution in [0.5, 0.6) is 0 Å². The summed E-state index contributed by atoms with van der Waals surface area (Å²) in [6.07, 6.45) is 0.406. The fourth-order valence-electron chi connectivity index (χ4n) is 4.61. The second-order valence-electron chi connectivity index (χ2n) is 9.40. The van der Waals surface area contributed by atoms with Crippen LogP contribution in [-0.4, -0.2) is 47.5 Å². The van der Waals surface area contributed by atoms with E-state index in [9.17, 15) is 18.4 Å². The number of halogens is 2. The molecule has 35 heavy (non-hydrogen) atoms. The van der Waals surface area contributed by atoms with Gasteiger partial charge in [0.05, 0.1) is 38.0 Å². The van der Waals surface area contributed by atoms with Crippen LogP contribution in [0.3, 0.4) is 0 Å². The van der Waals surface area contributed by atoms with Crippen LogP contribution < -0.4 is 16.3 Å². The van der Waals surface area contributed by atoms with Crippen molar-refractivity contribution in [3.8, 4) is 0 Å². The van der Waals surface area contributed by atoms with Crippen molar-refractivity contribution in [2.24, 2.45) is 0 Å². The van der Waals surface area contributed by atoms with Crippen molar-refractivity contribution in [3.05, 3.63) is 82.9 Å². The van der Waals surface area contributed by atoms with E-state index in [-0.39, 0.29) is 37.0 Å². The first-order chi connectivity index (χ1) is 16.7. The van der Waals surface area contributed by atoms with E-state index in [1.165, 1.54) is 11.0 Å². The highest BCUT2D eigenvalue weighted by atomic mass is 19.1. The van der Waals surface area contributed by atoms with Gasteiger partial charge in [-0.25, -0.2) is 19.2 Å². The van der Waals surface area contributed by atoms with Crippen LogP contribution in [0.15, 0.2) is 60.4 Å². The summed E-state index contributed by atoms with van der Waals surface area (Å²) in [6, 6.07) is 12.6. The second-order valence-corrected chi connectivity index (χ2v) is 9.40. The van der Waals surface area contributed by atoms with Crippen LogP contribution in [0.4, 0.5) is 8.78 Å². The Balaban J connectivity index is 1.57. The lowest BCUT2D eigenvalue weighted by molar-refractivity contribution is -0.819. The molecule has 2 aromatic rings. The summed E-state index contributed by atoms with van der Waals surface area (Å²) in [5, 5.41) is 4.74. The van der Waals surface area contributed by atoms with E-state index in [0.29, 0.717) is 11.1 Å². The second kappa shape index (κ2) is 10.4. The summed E-state index contributed by atoms with van der Waals surface area (Å²) in [5.41, 5.74) is 7.31. The smallest absolute Gasteiger partial charge is 0.243 e. The Morgan fingerprint density at radius 3 is 2.54 bits per heavy atom. The van der Waals surface area contributed by atoms with Crippen molar-refractivity contribution in [1.29, 1.82) is 0 Å². The number of carbonyl (C=O) groups excluding carboxylic acids is 2. The third kappa shape index (κ3) is 5.45. The molecule has 2 aliphatic heterocycles. The lowest BCUT2D eigenvalue weighted by atomic mass is 9.94. The Morgan fingerprint density at radius 2 is 1.91 bits per heavy atom. The molecule has 0 saturated carbocycles. The van der Waals surface area contributed by atoms with Gasteiger partial charge in [-0.05, 0) is 28.7 Å². The maximum Gasteiger partial charge on any atom is 0.243 e. The fraction of sp³-hybridized carbons (Fsp3) is 0.385. The zero-order chi connectivity index (χ0) is 25.1. The van der Waals surface area contributed by atoms with Crippen molar-refractivity contribution in [2.75, 3.05) is 13.6 Å². The van der Waals surface area contributed by atoms with Gasteiger partial charge in [0.2, 0.25) is 11.8 Å². The van der Waals surface area contributed by atoms with Gasteiger partial charge in [-0.3, -0.25) is 9.59 Å². The summed E-state index contributed by atoms with van der Waals surface area (Å²) in [7, 11) is 1.80. The number of nitrogens with two attached hydrogens (primary N) is 1. The van der Waals surface area contributed by atoms with Gasteiger partial charge in [0.25, 0.3) is 0 Å². The number of nitrogens with one attached hydrogen (secondary N) is 2. The van der Waals surface area contributed by atoms with Gasteiger partial charge in [-0.15, -0.1) is 5.53 Å². The number of amides is 2. The van der Waals surface area contributed by atoms with Gasteiger partial charge in [-0.2, -0.15) is 0 Å². The summed E-state index contributed by atoms with van der Waals surface area (Å²) in [6.45, 7) is 3.71. The van der Waals surface area contributed by atoms with Crippen molar-refractivity contribution in [3.63, 3.8) is 0 Å². The van der Waals surface area contributed by atoms with Crippen LogP contribution in [0, 0.1) is 5.82 Å². The molecule has 1 fully saturated rings. The van der Waals surface area contributed by atoms with Crippen LogP contribution >= 0.6 is 0 Å². The average molecular weight is 485 g/mol. The standard InChI is InChI=1S/C26H31F2N5O2/c1-16(2)21-10-9-18(11-22(21)28)25(17-7-5-4-6-8-17)30-26(35)23-12-19(27)15-33(23)24(34)13-20-14-29-31-32(20)3/h4-11,14,16,19,23,25,29,31H,12-13,15H2,1-3H3,(H,30,35)/p+1/t19-,23+,25+/m1/s1. The molecule has 0 aromatic heterocycles. The van der Waals surface area contributed by atoms with Crippen LogP contribution in [-0.2, 0) is 9.59 Å². The number of carbonyl (C=O) groups is 2. The third-order valence-electron chi connectivity index (χ3n) is 6.58. The molecule has 9 heteroatoms. The number of rotatable bonds is 7. The predicted octanol–water partition coefficient (Wildman–Crippen LogP) is 2.25.